The van der Waals surface area contributed by atoms with Crippen LogP contribution >= 0.6 is 0 Å². The van der Waals surface area contributed by atoms with E-state index in [1.807, 2.05) is 12.1 Å². The van der Waals surface area contributed by atoms with Gasteiger partial charge in [0.1, 0.15) is 0 Å². The molecule has 0 unspecified atom stereocenters. The van der Waals surface area contributed by atoms with Crippen LogP contribution in [-0.2, 0) is 0 Å². The quantitative estimate of drug-likeness (QED) is 0.412. The minimum atomic E-state index is -0.527. The van der Waals surface area contributed by atoms with Gasteiger partial charge in [-0.15, -0.1) is 0 Å². The Hall–Kier alpha value is -3.80. The van der Waals surface area contributed by atoms with Crippen molar-refractivity contribution in [2.24, 2.45) is 0 Å². The third kappa shape index (κ3) is 2.36. The molecule has 1 aromatic heterocycles. The number of rotatable bonds is 2. The molecule has 0 spiro atoms. The van der Waals surface area contributed by atoms with Gasteiger partial charge in [0, 0.05) is 22.9 Å². The first kappa shape index (κ1) is 15.7. The Labute approximate surface area is 146 Å². The van der Waals surface area contributed by atoms with Crippen LogP contribution in [0.15, 0.2) is 82.4 Å². The summed E-state index contributed by atoms with van der Waals surface area (Å²) in [5.74, 6) is 0. The highest BCUT2D eigenvalue weighted by molar-refractivity contribution is 6.05. The second kappa shape index (κ2) is 5.93. The van der Waals surface area contributed by atoms with E-state index in [1.54, 1.807) is 36.4 Å². The van der Waals surface area contributed by atoms with Gasteiger partial charge in [0.15, 0.2) is 0 Å². The lowest BCUT2D eigenvalue weighted by atomic mass is 10.1. The van der Waals surface area contributed by atoms with E-state index in [-0.39, 0.29) is 11.4 Å². The van der Waals surface area contributed by atoms with Crippen LogP contribution in [0.1, 0.15) is 0 Å². The van der Waals surface area contributed by atoms with Crippen molar-refractivity contribution in [2.75, 3.05) is 0 Å². The van der Waals surface area contributed by atoms with Gasteiger partial charge >= 0.3 is 0 Å². The Morgan fingerprint density at radius 2 is 1.08 bits per heavy atom. The number of aromatic nitrogens is 1. The maximum Gasteiger partial charge on any atom is 0.269 e. The van der Waals surface area contributed by atoms with E-state index in [9.17, 15) is 19.7 Å². The molecule has 4 aromatic rings. The Kier molecular flexibility index (Phi) is 3.58. The zero-order valence-corrected chi connectivity index (χ0v) is 13.5. The van der Waals surface area contributed by atoms with Crippen molar-refractivity contribution in [3.8, 4) is 5.69 Å². The summed E-state index contributed by atoms with van der Waals surface area (Å²) in [5, 5.41) is 13.0. The summed E-state index contributed by atoms with van der Waals surface area (Å²) in [6.07, 6.45) is 0. The topological polar surface area (TPSA) is 82.2 Å². The van der Waals surface area contributed by atoms with Crippen LogP contribution in [0.3, 0.4) is 0 Å². The van der Waals surface area contributed by atoms with E-state index >= 15 is 0 Å². The largest absolute Gasteiger partial charge is 0.269 e. The zero-order valence-electron chi connectivity index (χ0n) is 13.5. The molecule has 0 aliphatic heterocycles. The lowest BCUT2D eigenvalue weighted by Crippen LogP contribution is -2.28. The minimum Gasteiger partial charge on any atom is -0.268 e. The first-order valence-corrected chi connectivity index (χ1v) is 7.89. The molecule has 0 atom stereocenters. The lowest BCUT2D eigenvalue weighted by molar-refractivity contribution is -0.384. The van der Waals surface area contributed by atoms with Crippen molar-refractivity contribution in [3.63, 3.8) is 0 Å². The van der Waals surface area contributed by atoms with Gasteiger partial charge < -0.3 is 0 Å². The SMILES string of the molecule is O=c1c2ccccc2c2ccccc2c(=O)n1-c1ccc([N+](=O)[O-])cc1. The summed E-state index contributed by atoms with van der Waals surface area (Å²) in [5.41, 5.74) is -0.743. The molecule has 0 radical (unpaired) electrons. The molecule has 1 heterocycles. The molecule has 0 aliphatic carbocycles. The maximum absolute atomic E-state index is 13.1. The minimum absolute atomic E-state index is 0.107. The van der Waals surface area contributed by atoms with Gasteiger partial charge in [0.05, 0.1) is 10.6 Å². The fraction of sp³-hybridized carbons (Fsp3) is 0. The Morgan fingerprint density at radius 1 is 0.654 bits per heavy atom. The van der Waals surface area contributed by atoms with E-state index < -0.39 is 16.0 Å². The highest BCUT2D eigenvalue weighted by atomic mass is 16.6. The number of nitro benzene ring substituents is 1. The molecule has 0 fully saturated rings. The Bertz CT molecular complexity index is 1220. The highest BCUT2D eigenvalue weighted by Crippen LogP contribution is 2.20. The summed E-state index contributed by atoms with van der Waals surface area (Å²) in [7, 11) is 0. The van der Waals surface area contributed by atoms with Crippen LogP contribution in [0.2, 0.25) is 0 Å². The van der Waals surface area contributed by atoms with Crippen molar-refractivity contribution >= 4 is 27.2 Å². The van der Waals surface area contributed by atoms with Gasteiger partial charge in [0.2, 0.25) is 0 Å². The third-order valence-corrected chi connectivity index (χ3v) is 4.33. The molecule has 26 heavy (non-hydrogen) atoms. The number of benzene rings is 3. The number of nitro groups is 1. The van der Waals surface area contributed by atoms with Crippen LogP contribution in [0, 0.1) is 10.1 Å². The molecule has 0 N–H and O–H groups in total. The summed E-state index contributed by atoms with van der Waals surface area (Å²) in [4.78, 5) is 36.5. The van der Waals surface area contributed by atoms with Crippen molar-refractivity contribution in [3.05, 3.63) is 104 Å². The normalized spacial score (nSPS) is 10.9. The van der Waals surface area contributed by atoms with Crippen LogP contribution in [-0.4, -0.2) is 9.49 Å². The first-order valence-electron chi connectivity index (χ1n) is 7.89. The highest BCUT2D eigenvalue weighted by Gasteiger charge is 2.13. The molecule has 3 aromatic carbocycles. The van der Waals surface area contributed by atoms with Crippen LogP contribution < -0.4 is 11.1 Å². The van der Waals surface area contributed by atoms with Gasteiger partial charge in [-0.05, 0) is 35.0 Å². The van der Waals surface area contributed by atoms with Gasteiger partial charge in [-0.1, -0.05) is 36.4 Å². The van der Waals surface area contributed by atoms with Crippen LogP contribution in [0.5, 0.6) is 0 Å². The standard InChI is InChI=1S/C20H12N2O4/c23-19-17-7-3-1-5-15(17)16-6-2-4-8-18(16)20(24)21(19)13-9-11-14(12-10-13)22(25)26/h1-12H. The molecular formula is C20H12N2O4. The Balaban J connectivity index is 2.20. The number of hydrogen-bond acceptors (Lipinski definition) is 4. The monoisotopic (exact) mass is 344 g/mol. The molecule has 0 bridgehead atoms. The summed E-state index contributed by atoms with van der Waals surface area (Å²) < 4.78 is 1.06. The second-order valence-corrected chi connectivity index (χ2v) is 5.81. The average molecular weight is 344 g/mol. The van der Waals surface area contributed by atoms with Crippen molar-refractivity contribution in [1.82, 2.24) is 4.57 Å². The average Bonchev–Trinajstić information content (AvgIpc) is 2.76. The molecule has 0 saturated heterocycles. The van der Waals surface area contributed by atoms with Crippen LogP contribution in [0.4, 0.5) is 5.69 Å². The number of hydrogen-bond donors (Lipinski definition) is 0. The number of non-ortho nitro benzene ring substituents is 1. The molecule has 0 amide bonds. The van der Waals surface area contributed by atoms with Crippen molar-refractivity contribution in [2.45, 2.75) is 0 Å². The first-order chi connectivity index (χ1) is 12.6. The van der Waals surface area contributed by atoms with E-state index in [0.29, 0.717) is 21.5 Å². The molecule has 126 valence electrons. The molecule has 6 nitrogen and oxygen atoms in total. The fourth-order valence-corrected chi connectivity index (χ4v) is 3.10. The number of nitrogens with zero attached hydrogens (tertiary/aromatic N) is 2. The van der Waals surface area contributed by atoms with Gasteiger partial charge in [-0.3, -0.25) is 19.7 Å². The second-order valence-electron chi connectivity index (χ2n) is 5.81. The van der Waals surface area contributed by atoms with Crippen molar-refractivity contribution < 1.29 is 4.92 Å². The third-order valence-electron chi connectivity index (χ3n) is 4.33. The predicted molar refractivity (Wildman–Crippen MR) is 100.0 cm³/mol. The summed E-state index contributed by atoms with van der Waals surface area (Å²) >= 11 is 0. The van der Waals surface area contributed by atoms with Crippen LogP contribution in [0.25, 0.3) is 27.2 Å². The van der Waals surface area contributed by atoms with Crippen molar-refractivity contribution in [1.29, 1.82) is 0 Å². The van der Waals surface area contributed by atoms with E-state index in [1.165, 1.54) is 24.3 Å². The molecule has 4 rings (SSSR count). The smallest absolute Gasteiger partial charge is 0.268 e. The molecule has 6 heteroatoms. The van der Waals surface area contributed by atoms with E-state index in [0.717, 1.165) is 4.57 Å². The molecular weight excluding hydrogens is 332 g/mol. The predicted octanol–water partition coefficient (Wildman–Crippen LogP) is 3.41. The maximum atomic E-state index is 13.1. The van der Waals surface area contributed by atoms with Gasteiger partial charge in [-0.2, -0.15) is 0 Å². The zero-order chi connectivity index (χ0) is 18.3. The Morgan fingerprint density at radius 3 is 1.50 bits per heavy atom. The molecule has 0 aliphatic rings. The number of fused-ring (bicyclic) bond motifs is 3. The van der Waals surface area contributed by atoms with Gasteiger partial charge in [0.25, 0.3) is 16.8 Å². The summed E-state index contributed by atoms with van der Waals surface area (Å²) in [6, 6.07) is 19.4. The van der Waals surface area contributed by atoms with E-state index in [2.05, 4.69) is 0 Å². The molecule has 0 saturated carbocycles. The lowest BCUT2D eigenvalue weighted by Gasteiger charge is -2.02. The van der Waals surface area contributed by atoms with E-state index in [4.69, 9.17) is 0 Å². The fourth-order valence-electron chi connectivity index (χ4n) is 3.10. The van der Waals surface area contributed by atoms with Gasteiger partial charge in [-0.25, -0.2) is 4.57 Å². The summed E-state index contributed by atoms with van der Waals surface area (Å²) in [6.45, 7) is 0.